The number of fused-ring (bicyclic) bond motifs is 1. The Balaban J connectivity index is 1.53. The van der Waals surface area contributed by atoms with Gasteiger partial charge in [-0.05, 0) is 49.1 Å². The summed E-state index contributed by atoms with van der Waals surface area (Å²) in [5.41, 5.74) is 2.08. The molecule has 3 aromatic rings. The Morgan fingerprint density at radius 3 is 2.64 bits per heavy atom. The van der Waals surface area contributed by atoms with Crippen LogP contribution in [0.3, 0.4) is 0 Å². The number of rotatable bonds is 5. The topological polar surface area (TPSA) is 80.5 Å². The van der Waals surface area contributed by atoms with Crippen LogP contribution in [0, 0.1) is 6.92 Å². The molecule has 1 saturated heterocycles. The number of benzene rings is 1. The minimum absolute atomic E-state index is 0.222. The molecular formula is C20H20N2O4S2. The minimum Gasteiger partial charge on any atom is -0.423 e. The van der Waals surface area contributed by atoms with Gasteiger partial charge in [-0.1, -0.05) is 12.1 Å². The first-order valence-corrected chi connectivity index (χ1v) is 11.5. The van der Waals surface area contributed by atoms with E-state index >= 15 is 0 Å². The van der Waals surface area contributed by atoms with E-state index in [1.54, 1.807) is 12.1 Å². The molecule has 146 valence electrons. The molecule has 4 rings (SSSR count). The second-order valence-electron chi connectivity index (χ2n) is 6.82. The van der Waals surface area contributed by atoms with E-state index in [-0.39, 0.29) is 10.5 Å². The molecule has 0 unspecified atom stereocenters. The van der Waals surface area contributed by atoms with Gasteiger partial charge in [0.2, 0.25) is 10.0 Å². The van der Waals surface area contributed by atoms with Crippen molar-refractivity contribution in [2.75, 3.05) is 13.1 Å². The van der Waals surface area contributed by atoms with Gasteiger partial charge in [0, 0.05) is 36.5 Å². The predicted octanol–water partition coefficient (Wildman–Crippen LogP) is 3.57. The Kier molecular flexibility index (Phi) is 5.27. The van der Waals surface area contributed by atoms with Gasteiger partial charge in [-0.25, -0.2) is 18.2 Å². The second kappa shape index (κ2) is 7.69. The predicted molar refractivity (Wildman–Crippen MR) is 109 cm³/mol. The summed E-state index contributed by atoms with van der Waals surface area (Å²) in [6.45, 7) is 3.09. The SMILES string of the molecule is Cc1ccc2c(CSc3ccc(S(=O)(=O)N4CCCC4)cn3)cc(=O)oc2c1. The smallest absolute Gasteiger partial charge is 0.336 e. The molecule has 0 radical (unpaired) electrons. The molecule has 0 saturated carbocycles. The Morgan fingerprint density at radius 1 is 1.14 bits per heavy atom. The number of aryl methyl sites for hydroxylation is 1. The van der Waals surface area contributed by atoms with Crippen molar-refractivity contribution >= 4 is 32.8 Å². The summed E-state index contributed by atoms with van der Waals surface area (Å²) in [4.78, 5) is 16.4. The maximum Gasteiger partial charge on any atom is 0.336 e. The molecule has 0 bridgehead atoms. The normalized spacial score (nSPS) is 15.3. The summed E-state index contributed by atoms with van der Waals surface area (Å²) in [5.74, 6) is 0.538. The van der Waals surface area contributed by atoms with Crippen molar-refractivity contribution in [3.63, 3.8) is 0 Å². The van der Waals surface area contributed by atoms with Crippen molar-refractivity contribution in [1.82, 2.24) is 9.29 Å². The molecule has 0 amide bonds. The highest BCUT2D eigenvalue weighted by atomic mass is 32.2. The van der Waals surface area contributed by atoms with Crippen molar-refractivity contribution in [2.45, 2.75) is 35.4 Å². The zero-order valence-corrected chi connectivity index (χ0v) is 17.1. The van der Waals surface area contributed by atoms with Crippen LogP contribution < -0.4 is 5.63 Å². The van der Waals surface area contributed by atoms with Gasteiger partial charge in [0.25, 0.3) is 0 Å². The molecule has 0 N–H and O–H groups in total. The van der Waals surface area contributed by atoms with Crippen molar-refractivity contribution in [2.24, 2.45) is 0 Å². The first kappa shape index (κ1) is 19.2. The van der Waals surface area contributed by atoms with Crippen LogP contribution >= 0.6 is 11.8 Å². The van der Waals surface area contributed by atoms with Crippen molar-refractivity contribution in [3.8, 4) is 0 Å². The third-order valence-electron chi connectivity index (χ3n) is 4.77. The van der Waals surface area contributed by atoms with Gasteiger partial charge in [0.05, 0.1) is 5.03 Å². The quantitative estimate of drug-likeness (QED) is 0.467. The molecule has 28 heavy (non-hydrogen) atoms. The van der Waals surface area contributed by atoms with Crippen molar-refractivity contribution < 1.29 is 12.8 Å². The van der Waals surface area contributed by atoms with Crippen LogP contribution in [-0.4, -0.2) is 30.8 Å². The second-order valence-corrected chi connectivity index (χ2v) is 9.76. The van der Waals surface area contributed by atoms with Crippen LogP contribution in [0.1, 0.15) is 24.0 Å². The lowest BCUT2D eigenvalue weighted by atomic mass is 10.1. The molecule has 1 aliphatic rings. The number of aromatic nitrogens is 1. The van der Waals surface area contributed by atoms with Crippen LogP contribution in [0.5, 0.6) is 0 Å². The number of hydrogen-bond acceptors (Lipinski definition) is 6. The molecule has 1 fully saturated rings. The average molecular weight is 417 g/mol. The lowest BCUT2D eigenvalue weighted by Crippen LogP contribution is -2.27. The first-order valence-electron chi connectivity index (χ1n) is 9.06. The third-order valence-corrected chi connectivity index (χ3v) is 7.65. The Bertz CT molecular complexity index is 1170. The molecule has 1 aliphatic heterocycles. The van der Waals surface area contributed by atoms with E-state index in [0.717, 1.165) is 29.4 Å². The lowest BCUT2D eigenvalue weighted by Gasteiger charge is -2.15. The van der Waals surface area contributed by atoms with E-state index in [1.807, 2.05) is 25.1 Å². The van der Waals surface area contributed by atoms with Gasteiger partial charge in [-0.2, -0.15) is 4.31 Å². The third kappa shape index (κ3) is 3.85. The Labute approximate surface area is 167 Å². The van der Waals surface area contributed by atoms with E-state index in [2.05, 4.69) is 4.98 Å². The van der Waals surface area contributed by atoms with E-state index in [1.165, 1.54) is 28.3 Å². The average Bonchev–Trinajstić information content (AvgIpc) is 3.21. The monoisotopic (exact) mass is 416 g/mol. The van der Waals surface area contributed by atoms with Gasteiger partial charge in [-0.3, -0.25) is 0 Å². The zero-order valence-electron chi connectivity index (χ0n) is 15.4. The van der Waals surface area contributed by atoms with Crippen LogP contribution in [0.15, 0.2) is 61.7 Å². The van der Waals surface area contributed by atoms with Crippen LogP contribution in [-0.2, 0) is 15.8 Å². The van der Waals surface area contributed by atoms with Crippen molar-refractivity contribution in [3.05, 3.63) is 64.1 Å². The van der Waals surface area contributed by atoms with Gasteiger partial charge < -0.3 is 4.42 Å². The van der Waals surface area contributed by atoms with Gasteiger partial charge >= 0.3 is 5.63 Å². The van der Waals surface area contributed by atoms with Gasteiger partial charge in [-0.15, -0.1) is 11.8 Å². The number of pyridine rings is 1. The maximum absolute atomic E-state index is 12.6. The van der Waals surface area contributed by atoms with Crippen molar-refractivity contribution in [1.29, 1.82) is 0 Å². The fourth-order valence-electron chi connectivity index (χ4n) is 3.29. The van der Waals surface area contributed by atoms with Crippen LogP contribution in [0.2, 0.25) is 0 Å². The van der Waals surface area contributed by atoms with Gasteiger partial charge in [0.1, 0.15) is 10.5 Å². The van der Waals surface area contributed by atoms with E-state index in [9.17, 15) is 13.2 Å². The Hall–Kier alpha value is -2.16. The fraction of sp³-hybridized carbons (Fsp3) is 0.300. The number of hydrogen-bond donors (Lipinski definition) is 0. The summed E-state index contributed by atoms with van der Waals surface area (Å²) >= 11 is 1.45. The van der Waals surface area contributed by atoms with E-state index in [0.29, 0.717) is 29.5 Å². The van der Waals surface area contributed by atoms with Gasteiger partial charge in [0.15, 0.2) is 0 Å². The summed E-state index contributed by atoms with van der Waals surface area (Å²) in [6, 6.07) is 10.6. The molecule has 3 heterocycles. The molecule has 0 atom stereocenters. The molecule has 1 aromatic carbocycles. The molecule has 2 aromatic heterocycles. The highest BCUT2D eigenvalue weighted by molar-refractivity contribution is 7.98. The first-order chi connectivity index (χ1) is 13.4. The van der Waals surface area contributed by atoms with E-state index < -0.39 is 10.0 Å². The highest BCUT2D eigenvalue weighted by Gasteiger charge is 2.27. The number of thioether (sulfide) groups is 1. The van der Waals surface area contributed by atoms with Crippen LogP contribution in [0.25, 0.3) is 11.0 Å². The lowest BCUT2D eigenvalue weighted by molar-refractivity contribution is 0.477. The van der Waals surface area contributed by atoms with Crippen LogP contribution in [0.4, 0.5) is 0 Å². The standard InChI is InChI=1S/C20H20N2O4S2/c1-14-4-6-17-15(11-20(23)26-18(17)10-14)13-27-19-7-5-16(12-21-19)28(24,25)22-8-2-3-9-22/h4-7,10-12H,2-3,8-9,13H2,1H3. The molecule has 0 aliphatic carbocycles. The highest BCUT2D eigenvalue weighted by Crippen LogP contribution is 2.27. The molecule has 6 nitrogen and oxygen atoms in total. The van der Waals surface area contributed by atoms with E-state index in [4.69, 9.17) is 4.42 Å². The largest absolute Gasteiger partial charge is 0.423 e. The number of nitrogens with zero attached hydrogens (tertiary/aromatic N) is 2. The molecular weight excluding hydrogens is 396 g/mol. The summed E-state index contributed by atoms with van der Waals surface area (Å²) in [5, 5.41) is 1.60. The Morgan fingerprint density at radius 2 is 1.93 bits per heavy atom. The summed E-state index contributed by atoms with van der Waals surface area (Å²) in [6.07, 6.45) is 3.22. The summed E-state index contributed by atoms with van der Waals surface area (Å²) in [7, 11) is -3.45. The maximum atomic E-state index is 12.6. The minimum atomic E-state index is -3.45. The molecule has 8 heteroatoms. The summed E-state index contributed by atoms with van der Waals surface area (Å²) < 4.78 is 31.9. The molecule has 0 spiro atoms. The number of sulfonamides is 1. The fourth-order valence-corrected chi connectivity index (χ4v) is 5.59. The zero-order chi connectivity index (χ0) is 19.7.